The highest BCUT2D eigenvalue weighted by molar-refractivity contribution is 7.15. The zero-order chi connectivity index (χ0) is 22.0. The molecule has 0 radical (unpaired) electrons. The van der Waals surface area contributed by atoms with Crippen LogP contribution in [0.15, 0.2) is 30.3 Å². The first-order chi connectivity index (χ1) is 14.7. The largest absolute Gasteiger partial charge is 0.492 e. The second-order valence-corrected chi connectivity index (χ2v) is 8.79. The monoisotopic (exact) mass is 434 g/mol. The summed E-state index contributed by atoms with van der Waals surface area (Å²) in [6.45, 7) is 6.99. The van der Waals surface area contributed by atoms with Gasteiger partial charge < -0.3 is 20.5 Å². The SMILES string of the molecule is CCCCCCCCc1cc(C)sc1-c1ccc(OCCNC)cc1.CNCCO. The molecule has 2 aromatic rings. The maximum atomic E-state index is 8.00. The van der Waals surface area contributed by atoms with Gasteiger partial charge in [-0.2, -0.15) is 0 Å². The number of hydrogen-bond acceptors (Lipinski definition) is 5. The van der Waals surface area contributed by atoms with Gasteiger partial charge in [0.15, 0.2) is 0 Å². The van der Waals surface area contributed by atoms with Gasteiger partial charge in [0, 0.05) is 22.8 Å². The van der Waals surface area contributed by atoms with Crippen LogP contribution in [0.3, 0.4) is 0 Å². The molecule has 2 rings (SSSR count). The van der Waals surface area contributed by atoms with Crippen molar-refractivity contribution in [3.8, 4) is 16.2 Å². The van der Waals surface area contributed by atoms with Crippen molar-refractivity contribution in [2.75, 3.05) is 40.4 Å². The van der Waals surface area contributed by atoms with Gasteiger partial charge in [0.25, 0.3) is 0 Å². The number of likely N-dealkylation sites (N-methyl/N-ethyl adjacent to an activating group) is 2. The zero-order valence-corrected chi connectivity index (χ0v) is 20.2. The van der Waals surface area contributed by atoms with E-state index in [9.17, 15) is 0 Å². The quantitative estimate of drug-likeness (QED) is 0.347. The fourth-order valence-corrected chi connectivity index (χ4v) is 4.25. The van der Waals surface area contributed by atoms with E-state index >= 15 is 0 Å². The standard InChI is InChI=1S/C22H33NOS.C3H9NO/c1-4-5-6-7-8-9-10-20-17-18(2)25-22(20)19-11-13-21(14-12-19)24-16-15-23-3;1-4-2-3-5/h11-14,17,23H,4-10,15-16H2,1-3H3;4-5H,2-3H2,1H3. The molecule has 0 saturated carbocycles. The van der Waals surface area contributed by atoms with Gasteiger partial charge in [-0.15, -0.1) is 11.3 Å². The molecule has 0 saturated heterocycles. The van der Waals surface area contributed by atoms with Gasteiger partial charge in [0.05, 0.1) is 6.61 Å². The Morgan fingerprint density at radius 2 is 1.60 bits per heavy atom. The highest BCUT2D eigenvalue weighted by Crippen LogP contribution is 2.34. The molecule has 5 heteroatoms. The summed E-state index contributed by atoms with van der Waals surface area (Å²) in [6.07, 6.45) is 9.33. The summed E-state index contributed by atoms with van der Waals surface area (Å²) in [5.41, 5.74) is 2.84. The minimum Gasteiger partial charge on any atom is -0.492 e. The van der Waals surface area contributed by atoms with Crippen LogP contribution >= 0.6 is 11.3 Å². The molecular weight excluding hydrogens is 392 g/mol. The molecule has 4 nitrogen and oxygen atoms in total. The number of benzene rings is 1. The van der Waals surface area contributed by atoms with Crippen LogP contribution in [-0.2, 0) is 6.42 Å². The number of aliphatic hydroxyl groups excluding tert-OH is 1. The topological polar surface area (TPSA) is 53.5 Å². The summed E-state index contributed by atoms with van der Waals surface area (Å²) >= 11 is 1.92. The van der Waals surface area contributed by atoms with Crippen molar-refractivity contribution in [2.24, 2.45) is 0 Å². The summed E-state index contributed by atoms with van der Waals surface area (Å²) in [4.78, 5) is 2.85. The van der Waals surface area contributed by atoms with Gasteiger partial charge in [-0.25, -0.2) is 0 Å². The first kappa shape index (κ1) is 26.6. The smallest absolute Gasteiger partial charge is 0.119 e. The first-order valence-electron chi connectivity index (χ1n) is 11.4. The number of thiophene rings is 1. The molecule has 1 aromatic carbocycles. The lowest BCUT2D eigenvalue weighted by Crippen LogP contribution is -2.15. The van der Waals surface area contributed by atoms with Gasteiger partial charge in [0.2, 0.25) is 0 Å². The van der Waals surface area contributed by atoms with E-state index in [1.165, 1.54) is 65.8 Å². The van der Waals surface area contributed by atoms with E-state index < -0.39 is 0 Å². The lowest BCUT2D eigenvalue weighted by Gasteiger charge is -2.08. The third-order valence-electron chi connectivity index (χ3n) is 4.83. The molecule has 0 fully saturated rings. The van der Waals surface area contributed by atoms with Gasteiger partial charge >= 0.3 is 0 Å². The molecule has 1 heterocycles. The van der Waals surface area contributed by atoms with Crippen LogP contribution in [-0.4, -0.2) is 45.5 Å². The van der Waals surface area contributed by atoms with Crippen molar-refractivity contribution >= 4 is 11.3 Å². The summed E-state index contributed by atoms with van der Waals surface area (Å²) in [5.74, 6) is 0.949. The molecular formula is C25H42N2O2S. The molecule has 30 heavy (non-hydrogen) atoms. The maximum absolute atomic E-state index is 8.00. The van der Waals surface area contributed by atoms with E-state index in [0.717, 1.165) is 12.3 Å². The number of ether oxygens (including phenoxy) is 1. The number of rotatable bonds is 14. The Kier molecular flexibility index (Phi) is 15.4. The number of nitrogens with one attached hydrogen (secondary N) is 2. The molecule has 170 valence electrons. The lowest BCUT2D eigenvalue weighted by atomic mass is 10.0. The highest BCUT2D eigenvalue weighted by atomic mass is 32.1. The Morgan fingerprint density at radius 3 is 2.20 bits per heavy atom. The molecule has 1 aromatic heterocycles. The van der Waals surface area contributed by atoms with E-state index in [-0.39, 0.29) is 6.61 Å². The Morgan fingerprint density at radius 1 is 0.933 bits per heavy atom. The summed E-state index contributed by atoms with van der Waals surface area (Å²) in [6, 6.07) is 11.0. The van der Waals surface area contributed by atoms with Gasteiger partial charge in [-0.3, -0.25) is 0 Å². The number of aryl methyl sites for hydroxylation is 2. The molecule has 0 aliphatic carbocycles. The minimum atomic E-state index is 0.233. The van der Waals surface area contributed by atoms with Crippen molar-refractivity contribution in [3.63, 3.8) is 0 Å². The van der Waals surface area contributed by atoms with Crippen molar-refractivity contribution in [3.05, 3.63) is 40.8 Å². The lowest BCUT2D eigenvalue weighted by molar-refractivity contribution is 0.296. The molecule has 0 atom stereocenters. The Hall–Kier alpha value is -1.40. The predicted molar refractivity (Wildman–Crippen MR) is 132 cm³/mol. The second kappa shape index (κ2) is 17.3. The van der Waals surface area contributed by atoms with Crippen LogP contribution < -0.4 is 15.4 Å². The van der Waals surface area contributed by atoms with Crippen LogP contribution in [0, 0.1) is 6.92 Å². The molecule has 3 N–H and O–H groups in total. The van der Waals surface area contributed by atoms with Crippen LogP contribution in [0.4, 0.5) is 0 Å². The predicted octanol–water partition coefficient (Wildman–Crippen LogP) is 5.42. The van der Waals surface area contributed by atoms with Crippen molar-refractivity contribution in [1.29, 1.82) is 0 Å². The zero-order valence-electron chi connectivity index (χ0n) is 19.4. The van der Waals surface area contributed by atoms with Gasteiger partial charge in [-0.1, -0.05) is 39.0 Å². The molecule has 0 aliphatic rings. The summed E-state index contributed by atoms with van der Waals surface area (Å²) < 4.78 is 5.73. The Labute approximate surface area is 188 Å². The van der Waals surface area contributed by atoms with E-state index in [2.05, 4.69) is 54.8 Å². The molecule has 0 aliphatic heterocycles. The second-order valence-electron chi connectivity index (χ2n) is 7.53. The fraction of sp³-hybridized carbons (Fsp3) is 0.600. The van der Waals surface area contributed by atoms with Crippen LogP contribution in [0.1, 0.15) is 55.9 Å². The fourth-order valence-electron chi connectivity index (χ4n) is 3.18. The van der Waals surface area contributed by atoms with Crippen molar-refractivity contribution in [1.82, 2.24) is 10.6 Å². The maximum Gasteiger partial charge on any atom is 0.119 e. The number of aliphatic hydroxyl groups is 1. The normalized spacial score (nSPS) is 10.6. The van der Waals surface area contributed by atoms with Crippen LogP contribution in [0.25, 0.3) is 10.4 Å². The molecule has 0 spiro atoms. The van der Waals surface area contributed by atoms with Crippen LogP contribution in [0.5, 0.6) is 5.75 Å². The van der Waals surface area contributed by atoms with E-state index in [0.29, 0.717) is 13.2 Å². The van der Waals surface area contributed by atoms with Crippen LogP contribution in [0.2, 0.25) is 0 Å². The summed E-state index contributed by atoms with van der Waals surface area (Å²) in [5, 5.41) is 13.9. The average molecular weight is 435 g/mol. The first-order valence-corrected chi connectivity index (χ1v) is 12.2. The van der Waals surface area contributed by atoms with Crippen molar-refractivity contribution < 1.29 is 9.84 Å². The Balaban J connectivity index is 0.000000804. The van der Waals surface area contributed by atoms with Gasteiger partial charge in [0.1, 0.15) is 12.4 Å². The molecule has 0 unspecified atom stereocenters. The minimum absolute atomic E-state index is 0.233. The van der Waals surface area contributed by atoms with E-state index in [1.54, 1.807) is 7.05 Å². The van der Waals surface area contributed by atoms with E-state index in [1.807, 2.05) is 18.4 Å². The molecule has 0 bridgehead atoms. The van der Waals surface area contributed by atoms with Gasteiger partial charge in [-0.05, 0) is 75.3 Å². The van der Waals surface area contributed by atoms with Crippen molar-refractivity contribution in [2.45, 2.75) is 58.8 Å². The average Bonchev–Trinajstić information content (AvgIpc) is 3.13. The molecule has 0 amide bonds. The number of unbranched alkanes of at least 4 members (excludes halogenated alkanes) is 5. The highest BCUT2D eigenvalue weighted by Gasteiger charge is 2.09. The third kappa shape index (κ3) is 11.1. The number of hydrogen-bond donors (Lipinski definition) is 3. The third-order valence-corrected chi connectivity index (χ3v) is 5.97. The Bertz CT molecular complexity index is 654. The van der Waals surface area contributed by atoms with E-state index in [4.69, 9.17) is 9.84 Å². The summed E-state index contributed by atoms with van der Waals surface area (Å²) in [7, 11) is 3.74.